The third-order valence-corrected chi connectivity index (χ3v) is 6.83. The summed E-state index contributed by atoms with van der Waals surface area (Å²) in [4.78, 5) is 8.76. The second kappa shape index (κ2) is 10.9. The zero-order valence-electron chi connectivity index (χ0n) is 19.7. The smallest absolute Gasteiger partial charge is 0.295 e. The van der Waals surface area contributed by atoms with Gasteiger partial charge in [0.1, 0.15) is 27.0 Å². The first-order valence-electron chi connectivity index (χ1n) is 10.2. The van der Waals surface area contributed by atoms with Crippen LogP contribution in [0.1, 0.15) is 11.1 Å². The van der Waals surface area contributed by atoms with Crippen LogP contribution in [0.3, 0.4) is 0 Å². The molecule has 0 fully saturated rings. The van der Waals surface area contributed by atoms with Gasteiger partial charge in [-0.15, -0.1) is 5.11 Å². The standard InChI is InChI=1S/C22H20N4O10S2/c1-35-19-12-18(20(36-2)11-17(19)23)25-24-15-7-5-13(21(9-15)37(29,30)31)3-4-14-6-8-16(26(27)28)10-22(14)38(32,33)34/h3-12H,23H2,1-2H3,(H,29,30,31)(H,32,33,34)/b4-3+,25-24?. The maximum atomic E-state index is 12.0. The van der Waals surface area contributed by atoms with Crippen molar-refractivity contribution in [2.24, 2.45) is 10.2 Å². The lowest BCUT2D eigenvalue weighted by molar-refractivity contribution is -0.385. The zero-order chi connectivity index (χ0) is 28.3. The van der Waals surface area contributed by atoms with Gasteiger partial charge in [-0.1, -0.05) is 18.2 Å². The summed E-state index contributed by atoms with van der Waals surface area (Å²) in [6.07, 6.45) is 2.23. The normalized spacial score (nSPS) is 12.2. The van der Waals surface area contributed by atoms with E-state index < -0.39 is 40.6 Å². The molecule has 0 radical (unpaired) electrons. The maximum absolute atomic E-state index is 12.0. The van der Waals surface area contributed by atoms with E-state index in [1.165, 1.54) is 38.5 Å². The van der Waals surface area contributed by atoms with Crippen LogP contribution in [0.25, 0.3) is 12.2 Å². The SMILES string of the molecule is COc1cc(N=Nc2ccc(/C=C/c3ccc([N+](=O)[O-])cc3S(=O)(=O)O)c(S(=O)(=O)O)c2)c(OC)cc1N. The Morgan fingerprint density at radius 1 is 0.842 bits per heavy atom. The van der Waals surface area contributed by atoms with Crippen LogP contribution < -0.4 is 15.2 Å². The summed E-state index contributed by atoms with van der Waals surface area (Å²) in [6, 6.07) is 9.26. The Bertz CT molecular complexity index is 1680. The first-order chi connectivity index (χ1) is 17.7. The van der Waals surface area contributed by atoms with E-state index in [0.29, 0.717) is 17.5 Å². The van der Waals surface area contributed by atoms with Crippen LogP contribution in [0, 0.1) is 10.1 Å². The third kappa shape index (κ3) is 6.48. The molecule has 0 amide bonds. The Balaban J connectivity index is 2.05. The molecular formula is C22H20N4O10S2. The van der Waals surface area contributed by atoms with Gasteiger partial charge in [0.2, 0.25) is 0 Å². The predicted octanol–water partition coefficient (Wildman–Crippen LogP) is 4.27. The van der Waals surface area contributed by atoms with Crippen molar-refractivity contribution in [2.45, 2.75) is 9.79 Å². The minimum atomic E-state index is -4.86. The second-order valence-corrected chi connectivity index (χ2v) is 10.2. The fraction of sp³-hybridized carbons (Fsp3) is 0.0909. The minimum absolute atomic E-state index is 0.0154. The number of nitrogens with two attached hydrogens (primary N) is 1. The summed E-state index contributed by atoms with van der Waals surface area (Å²) in [6.45, 7) is 0. The lowest BCUT2D eigenvalue weighted by atomic mass is 10.1. The molecule has 0 aliphatic rings. The number of hydrogen-bond donors (Lipinski definition) is 3. The molecule has 3 rings (SSSR count). The summed E-state index contributed by atoms with van der Waals surface area (Å²) < 4.78 is 77.1. The Kier molecular flexibility index (Phi) is 8.11. The summed E-state index contributed by atoms with van der Waals surface area (Å²) in [7, 11) is -6.88. The van der Waals surface area contributed by atoms with Gasteiger partial charge in [0.25, 0.3) is 25.9 Å². The Hall–Kier alpha value is -4.38. The number of rotatable bonds is 9. The number of methoxy groups -OCH3 is 2. The molecule has 0 heterocycles. The van der Waals surface area contributed by atoms with Gasteiger partial charge in [-0.25, -0.2) is 0 Å². The number of ether oxygens (including phenoxy) is 2. The van der Waals surface area contributed by atoms with Gasteiger partial charge in [-0.3, -0.25) is 19.2 Å². The average Bonchev–Trinajstić information content (AvgIpc) is 2.85. The van der Waals surface area contributed by atoms with Crippen molar-refractivity contribution in [1.82, 2.24) is 0 Å². The highest BCUT2D eigenvalue weighted by atomic mass is 32.2. The monoisotopic (exact) mass is 564 g/mol. The van der Waals surface area contributed by atoms with Gasteiger partial charge in [0, 0.05) is 24.3 Å². The lowest BCUT2D eigenvalue weighted by Crippen LogP contribution is -2.02. The van der Waals surface area contributed by atoms with Gasteiger partial charge in [0.15, 0.2) is 0 Å². The minimum Gasteiger partial charge on any atom is -0.495 e. The van der Waals surface area contributed by atoms with E-state index in [1.54, 1.807) is 0 Å². The topological polar surface area (TPSA) is 221 Å². The van der Waals surface area contributed by atoms with Crippen LogP contribution in [-0.4, -0.2) is 45.1 Å². The number of nitrogens with zero attached hydrogens (tertiary/aromatic N) is 3. The number of nitrogen functional groups attached to an aromatic ring is 1. The van der Waals surface area contributed by atoms with Crippen molar-refractivity contribution >= 4 is 55.1 Å². The predicted molar refractivity (Wildman–Crippen MR) is 136 cm³/mol. The molecule has 0 unspecified atom stereocenters. The highest BCUT2D eigenvalue weighted by Crippen LogP contribution is 2.37. The number of nitro groups is 1. The summed E-state index contributed by atoms with van der Waals surface area (Å²) >= 11 is 0. The molecule has 0 spiro atoms. The fourth-order valence-electron chi connectivity index (χ4n) is 3.22. The highest BCUT2D eigenvalue weighted by molar-refractivity contribution is 7.86. The van der Waals surface area contributed by atoms with Crippen molar-refractivity contribution in [2.75, 3.05) is 20.0 Å². The third-order valence-electron chi connectivity index (χ3n) is 5.01. The van der Waals surface area contributed by atoms with E-state index in [4.69, 9.17) is 15.2 Å². The molecule has 3 aromatic carbocycles. The van der Waals surface area contributed by atoms with Gasteiger partial charge in [-0.2, -0.15) is 21.9 Å². The first-order valence-corrected chi connectivity index (χ1v) is 13.1. The van der Waals surface area contributed by atoms with Crippen molar-refractivity contribution in [3.8, 4) is 11.5 Å². The zero-order valence-corrected chi connectivity index (χ0v) is 21.3. The number of anilines is 1. The van der Waals surface area contributed by atoms with E-state index in [9.17, 15) is 36.1 Å². The molecule has 0 aromatic heterocycles. The van der Waals surface area contributed by atoms with Crippen molar-refractivity contribution < 1.29 is 40.3 Å². The lowest BCUT2D eigenvalue weighted by Gasteiger charge is -2.09. The summed E-state index contributed by atoms with van der Waals surface area (Å²) in [5, 5.41) is 19.0. The number of non-ortho nitro benzene ring substituents is 1. The molecule has 0 atom stereocenters. The molecule has 200 valence electrons. The van der Waals surface area contributed by atoms with Crippen molar-refractivity contribution in [3.63, 3.8) is 0 Å². The largest absolute Gasteiger partial charge is 0.495 e. The molecule has 4 N–H and O–H groups in total. The molecule has 0 saturated carbocycles. The Morgan fingerprint density at radius 3 is 1.92 bits per heavy atom. The number of azo groups is 1. The Labute approximate surface area is 216 Å². The molecule has 0 saturated heterocycles. The molecule has 38 heavy (non-hydrogen) atoms. The maximum Gasteiger partial charge on any atom is 0.295 e. The average molecular weight is 565 g/mol. The number of hydrogen-bond acceptors (Lipinski definition) is 11. The van der Waals surface area contributed by atoms with E-state index in [0.717, 1.165) is 30.4 Å². The quantitative estimate of drug-likeness (QED) is 0.0831. The van der Waals surface area contributed by atoms with E-state index >= 15 is 0 Å². The Morgan fingerprint density at radius 2 is 1.39 bits per heavy atom. The molecular weight excluding hydrogens is 544 g/mol. The van der Waals surface area contributed by atoms with Crippen LogP contribution in [0.2, 0.25) is 0 Å². The van der Waals surface area contributed by atoms with Gasteiger partial charge in [-0.05, 0) is 29.3 Å². The van der Waals surface area contributed by atoms with Gasteiger partial charge < -0.3 is 15.2 Å². The van der Waals surface area contributed by atoms with Crippen molar-refractivity contribution in [3.05, 3.63) is 69.8 Å². The van der Waals surface area contributed by atoms with Crippen LogP contribution in [0.5, 0.6) is 11.5 Å². The van der Waals surface area contributed by atoms with E-state index in [1.807, 2.05) is 0 Å². The summed E-state index contributed by atoms with van der Waals surface area (Å²) in [5.74, 6) is 0.564. The number of benzene rings is 3. The van der Waals surface area contributed by atoms with E-state index in [2.05, 4.69) is 10.2 Å². The summed E-state index contributed by atoms with van der Waals surface area (Å²) in [5.41, 5.74) is 5.51. The second-order valence-electron chi connectivity index (χ2n) is 7.45. The van der Waals surface area contributed by atoms with E-state index in [-0.39, 0.29) is 28.3 Å². The molecule has 14 nitrogen and oxygen atoms in total. The fourth-order valence-corrected chi connectivity index (χ4v) is 4.63. The van der Waals surface area contributed by atoms with Crippen LogP contribution in [0.15, 0.2) is 68.6 Å². The molecule has 0 aliphatic carbocycles. The van der Waals surface area contributed by atoms with Crippen LogP contribution in [-0.2, 0) is 20.2 Å². The van der Waals surface area contributed by atoms with Crippen LogP contribution >= 0.6 is 0 Å². The van der Waals surface area contributed by atoms with Crippen molar-refractivity contribution in [1.29, 1.82) is 0 Å². The van der Waals surface area contributed by atoms with Gasteiger partial charge in [0.05, 0.1) is 30.5 Å². The molecule has 0 aliphatic heterocycles. The van der Waals surface area contributed by atoms with Gasteiger partial charge >= 0.3 is 0 Å². The van der Waals surface area contributed by atoms with Crippen LogP contribution in [0.4, 0.5) is 22.7 Å². The molecule has 3 aromatic rings. The number of nitro benzene ring substituents is 1. The molecule has 16 heteroatoms. The molecule has 0 bridgehead atoms. The first kappa shape index (κ1) is 28.2. The highest BCUT2D eigenvalue weighted by Gasteiger charge is 2.20.